The highest BCUT2D eigenvalue weighted by Crippen LogP contribution is 2.32. The fourth-order valence-electron chi connectivity index (χ4n) is 3.91. The van der Waals surface area contributed by atoms with E-state index in [0.717, 1.165) is 16.8 Å². The van der Waals surface area contributed by atoms with E-state index < -0.39 is 16.3 Å². The normalized spacial score (nSPS) is 17.0. The third kappa shape index (κ3) is 4.50. The van der Waals surface area contributed by atoms with Crippen LogP contribution in [0.4, 0.5) is 20.3 Å². The van der Waals surface area contributed by atoms with Crippen LogP contribution in [0.5, 0.6) is 0 Å². The summed E-state index contributed by atoms with van der Waals surface area (Å²) in [4.78, 5) is 6.76. The number of aryl methyl sites for hydroxylation is 2. The average molecular weight is 462 g/mol. The Morgan fingerprint density at radius 2 is 1.72 bits per heavy atom. The second-order valence-electron chi connectivity index (χ2n) is 8.10. The molecule has 0 unspecified atom stereocenters. The van der Waals surface area contributed by atoms with Gasteiger partial charge in [-0.05, 0) is 38.5 Å². The molecule has 3 heterocycles. The van der Waals surface area contributed by atoms with E-state index in [9.17, 15) is 17.2 Å². The Morgan fingerprint density at radius 1 is 1.03 bits per heavy atom. The Morgan fingerprint density at radius 3 is 2.41 bits per heavy atom. The van der Waals surface area contributed by atoms with Gasteiger partial charge in [-0.3, -0.25) is 0 Å². The molecule has 1 aliphatic heterocycles. The maximum atomic E-state index is 13.1. The molecule has 2 aromatic heterocycles. The van der Waals surface area contributed by atoms with Crippen molar-refractivity contribution in [3.8, 4) is 0 Å². The average Bonchev–Trinajstić information content (AvgIpc) is 2.76. The monoisotopic (exact) mass is 461 g/mol. The van der Waals surface area contributed by atoms with E-state index in [0.29, 0.717) is 35.7 Å². The third-order valence-corrected chi connectivity index (χ3v) is 7.39. The number of benzene rings is 1. The first-order valence-electron chi connectivity index (χ1n) is 10.4. The summed E-state index contributed by atoms with van der Waals surface area (Å²) in [6.07, 6.45) is -2.54. The predicted molar refractivity (Wildman–Crippen MR) is 121 cm³/mol. The number of pyridine rings is 1. The van der Waals surface area contributed by atoms with Crippen molar-refractivity contribution in [3.63, 3.8) is 0 Å². The molecule has 1 aromatic carbocycles. The van der Waals surface area contributed by atoms with Crippen molar-refractivity contribution >= 4 is 32.2 Å². The maximum absolute atomic E-state index is 13.1. The van der Waals surface area contributed by atoms with Crippen LogP contribution in [0.25, 0.3) is 10.9 Å². The van der Waals surface area contributed by atoms with Gasteiger partial charge in [-0.2, -0.15) is 5.10 Å². The molecule has 1 N–H and O–H groups in total. The van der Waals surface area contributed by atoms with E-state index in [4.69, 9.17) is 4.98 Å². The first-order chi connectivity index (χ1) is 15.1. The van der Waals surface area contributed by atoms with E-state index >= 15 is 0 Å². The Hall–Kier alpha value is -2.88. The van der Waals surface area contributed by atoms with Crippen molar-refractivity contribution in [1.29, 1.82) is 0 Å². The first kappa shape index (κ1) is 22.3. The molecular formula is C22H25F2N5O2S. The number of hydrogen-bond donors (Lipinski definition) is 1. The molecular weight excluding hydrogens is 436 g/mol. The molecule has 10 heteroatoms. The van der Waals surface area contributed by atoms with Gasteiger partial charge < -0.3 is 10.2 Å². The van der Waals surface area contributed by atoms with Gasteiger partial charge in [-0.25, -0.2) is 22.2 Å². The highest BCUT2D eigenvalue weighted by molar-refractivity contribution is 7.91. The van der Waals surface area contributed by atoms with Crippen molar-refractivity contribution in [1.82, 2.24) is 15.2 Å². The number of aromatic nitrogens is 3. The van der Waals surface area contributed by atoms with Crippen molar-refractivity contribution in [3.05, 3.63) is 52.8 Å². The number of anilines is 2. The quantitative estimate of drug-likeness (QED) is 0.615. The van der Waals surface area contributed by atoms with E-state index in [1.165, 1.54) is 12.1 Å². The molecule has 170 valence electrons. The first-order valence-corrected chi connectivity index (χ1v) is 12.2. The molecule has 32 heavy (non-hydrogen) atoms. The molecule has 0 spiro atoms. The van der Waals surface area contributed by atoms with Crippen molar-refractivity contribution in [2.75, 3.05) is 34.8 Å². The molecule has 1 saturated heterocycles. The van der Waals surface area contributed by atoms with E-state index in [-0.39, 0.29) is 23.1 Å². The number of alkyl halides is 2. The molecule has 7 nitrogen and oxygen atoms in total. The van der Waals surface area contributed by atoms with Crippen molar-refractivity contribution in [2.45, 2.75) is 33.2 Å². The van der Waals surface area contributed by atoms with Crippen LogP contribution in [0.3, 0.4) is 0 Å². The molecule has 0 aliphatic carbocycles. The Labute approximate surface area is 185 Å². The number of fused-ring (bicyclic) bond motifs is 1. The lowest BCUT2D eigenvalue weighted by atomic mass is 10.0. The fourth-order valence-corrected chi connectivity index (χ4v) is 5.11. The smallest absolute Gasteiger partial charge is 0.263 e. The van der Waals surface area contributed by atoms with Crippen LogP contribution in [0.2, 0.25) is 0 Å². The summed E-state index contributed by atoms with van der Waals surface area (Å²) in [5, 5.41) is 12.6. The summed E-state index contributed by atoms with van der Waals surface area (Å²) < 4.78 is 49.9. The molecule has 4 rings (SSSR count). The summed E-state index contributed by atoms with van der Waals surface area (Å²) in [5.41, 5.74) is 3.69. The molecule has 1 fully saturated rings. The number of nitrogens with zero attached hydrogens (tertiary/aromatic N) is 4. The van der Waals surface area contributed by atoms with E-state index in [1.54, 1.807) is 12.1 Å². The van der Waals surface area contributed by atoms with Gasteiger partial charge in [0.1, 0.15) is 0 Å². The molecule has 3 aromatic rings. The summed E-state index contributed by atoms with van der Waals surface area (Å²) in [5.74, 6) is 0.723. The van der Waals surface area contributed by atoms with Gasteiger partial charge in [-0.1, -0.05) is 18.2 Å². The molecule has 0 bridgehead atoms. The van der Waals surface area contributed by atoms with Gasteiger partial charge >= 0.3 is 0 Å². The van der Waals surface area contributed by atoms with Gasteiger partial charge in [0.05, 0.1) is 40.1 Å². The lowest BCUT2D eigenvalue weighted by Crippen LogP contribution is -2.40. The zero-order valence-corrected chi connectivity index (χ0v) is 19.0. The maximum Gasteiger partial charge on any atom is 0.263 e. The minimum absolute atomic E-state index is 0.0318. The summed E-state index contributed by atoms with van der Waals surface area (Å²) in [6, 6.07) is 7.95. The Balaban J connectivity index is 1.70. The largest absolute Gasteiger partial charge is 0.368 e. The summed E-state index contributed by atoms with van der Waals surface area (Å²) >= 11 is 0. The third-order valence-electron chi connectivity index (χ3n) is 5.79. The van der Waals surface area contributed by atoms with Crippen LogP contribution in [0.15, 0.2) is 30.3 Å². The van der Waals surface area contributed by atoms with Crippen LogP contribution in [-0.4, -0.2) is 48.2 Å². The van der Waals surface area contributed by atoms with Gasteiger partial charge in [0, 0.05) is 24.0 Å². The van der Waals surface area contributed by atoms with Gasteiger partial charge in [0.2, 0.25) is 0 Å². The molecule has 1 aliphatic rings. The van der Waals surface area contributed by atoms with E-state index in [2.05, 4.69) is 15.5 Å². The van der Waals surface area contributed by atoms with E-state index in [1.807, 2.05) is 31.7 Å². The molecule has 0 amide bonds. The minimum atomic E-state index is -3.00. The zero-order chi connectivity index (χ0) is 23.0. The van der Waals surface area contributed by atoms with Crippen LogP contribution >= 0.6 is 0 Å². The second kappa shape index (κ2) is 8.57. The lowest BCUT2D eigenvalue weighted by Gasteiger charge is -2.30. The number of hydrogen-bond acceptors (Lipinski definition) is 7. The topological polar surface area (TPSA) is 88.1 Å². The van der Waals surface area contributed by atoms with Crippen LogP contribution in [0.1, 0.15) is 41.9 Å². The van der Waals surface area contributed by atoms with Crippen molar-refractivity contribution < 1.29 is 17.2 Å². The van der Waals surface area contributed by atoms with Gasteiger partial charge in [-0.15, -0.1) is 5.10 Å². The SMILES string of the molecule is Cc1nc2c(C)nnc(N[C@H](C)c3cccc(C(F)F)c3)c2cc1N1CCS(=O)(=O)CC1. The lowest BCUT2D eigenvalue weighted by molar-refractivity contribution is 0.151. The number of sulfone groups is 1. The zero-order valence-electron chi connectivity index (χ0n) is 18.1. The summed E-state index contributed by atoms with van der Waals surface area (Å²) in [6.45, 7) is 6.41. The molecule has 0 radical (unpaired) electrons. The highest BCUT2D eigenvalue weighted by Gasteiger charge is 2.24. The predicted octanol–water partition coefficient (Wildman–Crippen LogP) is 3.99. The Bertz CT molecular complexity index is 1250. The number of nitrogens with one attached hydrogen (secondary N) is 1. The van der Waals surface area contributed by atoms with Crippen LogP contribution in [0, 0.1) is 13.8 Å². The summed E-state index contributed by atoms with van der Waals surface area (Å²) in [7, 11) is -3.00. The molecule has 0 saturated carbocycles. The second-order valence-corrected chi connectivity index (χ2v) is 10.4. The highest BCUT2D eigenvalue weighted by atomic mass is 32.2. The van der Waals surface area contributed by atoms with Crippen LogP contribution < -0.4 is 10.2 Å². The number of halogens is 2. The van der Waals surface area contributed by atoms with Gasteiger partial charge in [0.25, 0.3) is 6.43 Å². The molecule has 1 atom stereocenters. The fraction of sp³-hybridized carbons (Fsp3) is 0.409. The minimum Gasteiger partial charge on any atom is -0.368 e. The number of rotatable bonds is 5. The van der Waals surface area contributed by atoms with Gasteiger partial charge in [0.15, 0.2) is 15.7 Å². The Kier molecular flexibility index (Phi) is 5.98. The van der Waals surface area contributed by atoms with Crippen molar-refractivity contribution in [2.24, 2.45) is 0 Å². The van der Waals surface area contributed by atoms with Crippen LogP contribution in [-0.2, 0) is 9.84 Å². The standard InChI is InChI=1S/C22H25F2N5O2S/c1-13(16-5-4-6-17(11-16)21(23)24)26-22-18-12-19(29-7-9-32(30,31)10-8-29)14(2)25-20(18)15(3)27-28-22/h4-6,11-13,21H,7-10H2,1-3H3,(H,26,28)/t13-/m1/s1.